The van der Waals surface area contributed by atoms with Gasteiger partial charge in [-0.1, -0.05) is 18.2 Å². The Morgan fingerprint density at radius 2 is 1.82 bits per heavy atom. The first-order valence-corrected chi connectivity index (χ1v) is 10.8. The maximum absolute atomic E-state index is 12.8. The minimum absolute atomic E-state index is 0.0233. The van der Waals surface area contributed by atoms with E-state index in [1.807, 2.05) is 13.8 Å². The number of hydrogen-bond donors (Lipinski definition) is 1. The number of rotatable bonds is 5. The number of para-hydroxylation sites is 1. The van der Waals surface area contributed by atoms with Crippen LogP contribution in [0.5, 0.6) is 0 Å². The molecule has 0 radical (unpaired) electrons. The van der Waals surface area contributed by atoms with Gasteiger partial charge in [0, 0.05) is 37.2 Å². The summed E-state index contributed by atoms with van der Waals surface area (Å²) in [6, 6.07) is 6.98. The van der Waals surface area contributed by atoms with Gasteiger partial charge in [-0.3, -0.25) is 9.59 Å². The molecule has 0 bridgehead atoms. The van der Waals surface area contributed by atoms with E-state index in [1.165, 1.54) is 13.2 Å². The number of carbonyl (C=O) groups is 2. The molecule has 2 amide bonds. The molecule has 8 nitrogen and oxygen atoms in total. The van der Waals surface area contributed by atoms with Crippen molar-refractivity contribution >= 4 is 32.6 Å². The highest BCUT2D eigenvalue weighted by Gasteiger charge is 2.28. The molecule has 1 aliphatic heterocycles. The summed E-state index contributed by atoms with van der Waals surface area (Å²) in [7, 11) is -2.44. The molecule has 1 fully saturated rings. The number of morpholine rings is 1. The standard InChI is InChI=1S/C19H25N3O5S/c1-13-8-22(9-14(2)27-13)19(24)11-21-10-17(15-6-4-5-7-16(15)21)28(25,26)12-18(23)20-3/h4-7,10,13-14H,8-9,11-12H2,1-3H3,(H,20,23)/t13-,14-/m1/s1. The number of hydrogen-bond acceptors (Lipinski definition) is 5. The Hall–Kier alpha value is -2.39. The zero-order valence-electron chi connectivity index (χ0n) is 16.2. The molecule has 1 saturated heterocycles. The Morgan fingerprint density at radius 3 is 2.46 bits per heavy atom. The third-order valence-corrected chi connectivity index (χ3v) is 6.40. The maximum atomic E-state index is 12.8. The third kappa shape index (κ3) is 4.20. The number of nitrogens with one attached hydrogen (secondary N) is 1. The van der Waals surface area contributed by atoms with E-state index < -0.39 is 21.5 Å². The highest BCUT2D eigenvalue weighted by molar-refractivity contribution is 7.92. The molecule has 2 aromatic rings. The van der Waals surface area contributed by atoms with Gasteiger partial charge in [0.25, 0.3) is 0 Å². The monoisotopic (exact) mass is 407 g/mol. The zero-order chi connectivity index (χ0) is 20.5. The van der Waals surface area contributed by atoms with Crippen molar-refractivity contribution in [1.29, 1.82) is 0 Å². The predicted octanol–water partition coefficient (Wildman–Crippen LogP) is 0.797. The molecule has 1 aliphatic rings. The number of aromatic nitrogens is 1. The predicted molar refractivity (Wildman–Crippen MR) is 105 cm³/mol. The topological polar surface area (TPSA) is 97.7 Å². The molecular weight excluding hydrogens is 382 g/mol. The second kappa shape index (κ2) is 7.92. The van der Waals surface area contributed by atoms with E-state index in [1.54, 1.807) is 33.7 Å². The van der Waals surface area contributed by atoms with Crippen LogP contribution in [-0.4, -0.2) is 67.8 Å². The van der Waals surface area contributed by atoms with E-state index in [-0.39, 0.29) is 29.6 Å². The summed E-state index contributed by atoms with van der Waals surface area (Å²) in [5, 5.41) is 2.83. The molecule has 1 aromatic heterocycles. The molecule has 0 aliphatic carbocycles. The van der Waals surface area contributed by atoms with Crippen LogP contribution in [0.3, 0.4) is 0 Å². The number of amides is 2. The summed E-state index contributed by atoms with van der Waals surface area (Å²) < 4.78 is 32.7. The summed E-state index contributed by atoms with van der Waals surface area (Å²) >= 11 is 0. The number of sulfone groups is 1. The van der Waals surface area contributed by atoms with Crippen LogP contribution in [0.15, 0.2) is 35.4 Å². The van der Waals surface area contributed by atoms with Crippen molar-refractivity contribution in [1.82, 2.24) is 14.8 Å². The quantitative estimate of drug-likeness (QED) is 0.791. The molecule has 152 valence electrons. The number of nitrogens with zero attached hydrogens (tertiary/aromatic N) is 2. The second-order valence-electron chi connectivity index (χ2n) is 7.13. The summed E-state index contributed by atoms with van der Waals surface area (Å²) in [5.74, 6) is -1.31. The van der Waals surface area contributed by atoms with Gasteiger partial charge >= 0.3 is 0 Å². The fraction of sp³-hybridized carbons (Fsp3) is 0.474. The van der Waals surface area contributed by atoms with E-state index >= 15 is 0 Å². The molecule has 0 unspecified atom stereocenters. The van der Waals surface area contributed by atoms with Crippen molar-refractivity contribution in [2.24, 2.45) is 0 Å². The minimum atomic E-state index is -3.83. The second-order valence-corrected chi connectivity index (χ2v) is 9.08. The van der Waals surface area contributed by atoms with Crippen LogP contribution < -0.4 is 5.32 Å². The van der Waals surface area contributed by atoms with Gasteiger partial charge in [-0.05, 0) is 19.9 Å². The van der Waals surface area contributed by atoms with Gasteiger partial charge < -0.3 is 19.5 Å². The number of carbonyl (C=O) groups excluding carboxylic acids is 2. The molecule has 2 heterocycles. The van der Waals surface area contributed by atoms with Crippen LogP contribution in [-0.2, 0) is 30.7 Å². The minimum Gasteiger partial charge on any atom is -0.372 e. The van der Waals surface area contributed by atoms with E-state index in [9.17, 15) is 18.0 Å². The van der Waals surface area contributed by atoms with Gasteiger partial charge in [-0.2, -0.15) is 0 Å². The molecule has 1 N–H and O–H groups in total. The molecule has 0 saturated carbocycles. The number of benzene rings is 1. The number of ether oxygens (including phenoxy) is 1. The Labute approximate surface area is 164 Å². The van der Waals surface area contributed by atoms with Gasteiger partial charge in [0.15, 0.2) is 9.84 Å². The van der Waals surface area contributed by atoms with Crippen molar-refractivity contribution in [3.05, 3.63) is 30.5 Å². The molecule has 0 spiro atoms. The van der Waals surface area contributed by atoms with Gasteiger partial charge in [-0.25, -0.2) is 8.42 Å². The third-order valence-electron chi connectivity index (χ3n) is 4.76. The van der Waals surface area contributed by atoms with Crippen LogP contribution in [0.1, 0.15) is 13.8 Å². The van der Waals surface area contributed by atoms with Gasteiger partial charge in [0.2, 0.25) is 11.8 Å². The Balaban J connectivity index is 1.92. The molecule has 2 atom stereocenters. The zero-order valence-corrected chi connectivity index (χ0v) is 17.0. The first kappa shape index (κ1) is 20.3. The van der Waals surface area contributed by atoms with Gasteiger partial charge in [0.05, 0.1) is 17.1 Å². The highest BCUT2D eigenvalue weighted by Crippen LogP contribution is 2.26. The van der Waals surface area contributed by atoms with Gasteiger partial charge in [-0.15, -0.1) is 0 Å². The Morgan fingerprint density at radius 1 is 1.18 bits per heavy atom. The first-order valence-electron chi connectivity index (χ1n) is 9.15. The van der Waals surface area contributed by atoms with E-state index in [2.05, 4.69) is 5.32 Å². The fourth-order valence-corrected chi connectivity index (χ4v) is 4.98. The van der Waals surface area contributed by atoms with Crippen LogP contribution in [0, 0.1) is 0 Å². The summed E-state index contributed by atoms with van der Waals surface area (Å²) in [4.78, 5) is 26.2. The summed E-state index contributed by atoms with van der Waals surface area (Å²) in [5.41, 5.74) is 0.640. The maximum Gasteiger partial charge on any atom is 0.242 e. The van der Waals surface area contributed by atoms with Crippen LogP contribution in [0.2, 0.25) is 0 Å². The highest BCUT2D eigenvalue weighted by atomic mass is 32.2. The van der Waals surface area contributed by atoms with E-state index in [4.69, 9.17) is 4.74 Å². The van der Waals surface area contributed by atoms with Crippen molar-refractivity contribution in [3.8, 4) is 0 Å². The van der Waals surface area contributed by atoms with Crippen molar-refractivity contribution in [2.75, 3.05) is 25.9 Å². The largest absolute Gasteiger partial charge is 0.372 e. The molecule has 9 heteroatoms. The Bertz CT molecular complexity index is 988. The van der Waals surface area contributed by atoms with Gasteiger partial charge in [0.1, 0.15) is 12.3 Å². The molecule has 1 aromatic carbocycles. The normalized spacial score (nSPS) is 20.3. The molecule has 28 heavy (non-hydrogen) atoms. The lowest BCUT2D eigenvalue weighted by atomic mass is 10.2. The summed E-state index contributed by atoms with van der Waals surface area (Å²) in [6.45, 7) is 4.87. The lowest BCUT2D eigenvalue weighted by molar-refractivity contribution is -0.143. The van der Waals surface area contributed by atoms with Crippen molar-refractivity contribution in [2.45, 2.75) is 37.5 Å². The van der Waals surface area contributed by atoms with Crippen LogP contribution in [0.4, 0.5) is 0 Å². The average Bonchev–Trinajstić information content (AvgIpc) is 3.00. The molecular formula is C19H25N3O5S. The van der Waals surface area contributed by atoms with Crippen LogP contribution in [0.25, 0.3) is 10.9 Å². The van der Waals surface area contributed by atoms with Crippen LogP contribution >= 0.6 is 0 Å². The van der Waals surface area contributed by atoms with E-state index in [0.29, 0.717) is 24.0 Å². The lowest BCUT2D eigenvalue weighted by Crippen LogP contribution is -2.49. The summed E-state index contributed by atoms with van der Waals surface area (Å²) in [6.07, 6.45) is 1.36. The Kier molecular flexibility index (Phi) is 5.76. The van der Waals surface area contributed by atoms with E-state index in [0.717, 1.165) is 0 Å². The fourth-order valence-electron chi connectivity index (χ4n) is 3.54. The van der Waals surface area contributed by atoms with Crippen molar-refractivity contribution < 1.29 is 22.7 Å². The SMILES string of the molecule is CNC(=O)CS(=O)(=O)c1cn(CC(=O)N2C[C@@H](C)O[C@H](C)C2)c2ccccc12. The number of fused-ring (bicyclic) bond motifs is 1. The average molecular weight is 407 g/mol. The van der Waals surface area contributed by atoms with Crippen molar-refractivity contribution in [3.63, 3.8) is 0 Å². The molecule has 3 rings (SSSR count). The lowest BCUT2D eigenvalue weighted by Gasteiger charge is -2.35. The smallest absolute Gasteiger partial charge is 0.242 e. The first-order chi connectivity index (χ1) is 13.2.